The summed E-state index contributed by atoms with van der Waals surface area (Å²) in [6.07, 6.45) is 6.47. The molecule has 1 amide bonds. The zero-order chi connectivity index (χ0) is 17.2. The quantitative estimate of drug-likeness (QED) is 0.862. The van der Waals surface area contributed by atoms with E-state index in [4.69, 9.17) is 11.6 Å². The normalized spacial score (nSPS) is 25.4. The van der Waals surface area contributed by atoms with Gasteiger partial charge in [-0.25, -0.2) is 0 Å². The van der Waals surface area contributed by atoms with Gasteiger partial charge in [0.1, 0.15) is 0 Å². The van der Waals surface area contributed by atoms with Crippen LogP contribution in [0.1, 0.15) is 33.0 Å². The largest absolute Gasteiger partial charge is 0.347 e. The van der Waals surface area contributed by atoms with Gasteiger partial charge in [-0.05, 0) is 67.8 Å². The Hall–Kier alpha value is -1.62. The average Bonchev–Trinajstić information content (AvgIpc) is 3.10. The molecule has 4 heterocycles. The number of hydrogen-bond donors (Lipinski definition) is 1. The number of piperidine rings is 3. The molecular weight excluding hydrogens is 352 g/mol. The van der Waals surface area contributed by atoms with Crippen molar-refractivity contribution < 1.29 is 4.79 Å². The molecule has 0 saturated carbocycles. The highest BCUT2D eigenvalue weighted by molar-refractivity contribution is 7.14. The van der Waals surface area contributed by atoms with Crippen molar-refractivity contribution in [3.8, 4) is 0 Å². The minimum absolute atomic E-state index is 0.0613. The molecule has 1 unspecified atom stereocenters. The number of carbonyl (C=O) groups is 1. The molecule has 1 aromatic carbocycles. The van der Waals surface area contributed by atoms with E-state index in [0.717, 1.165) is 26.9 Å². The molecule has 3 nitrogen and oxygen atoms in total. The van der Waals surface area contributed by atoms with Crippen LogP contribution in [0, 0.1) is 5.92 Å². The van der Waals surface area contributed by atoms with Crippen LogP contribution in [0.2, 0.25) is 5.02 Å². The lowest BCUT2D eigenvalue weighted by Crippen LogP contribution is -2.57. The standard InChI is InChI=1S/C20H21ClN2OS/c21-16-3-1-2-14(12-16)4-5-17-6-7-19(25-17)20(24)22-18-13-23-10-8-15(18)9-11-23/h1-7,12,15,18H,8-11,13H2,(H,22,24)/b5-4+. The summed E-state index contributed by atoms with van der Waals surface area (Å²) in [5.74, 6) is 0.710. The third-order valence-corrected chi connectivity index (χ3v) is 6.40. The van der Waals surface area contributed by atoms with Crippen molar-refractivity contribution in [1.82, 2.24) is 10.2 Å². The minimum atomic E-state index is 0.0613. The predicted octanol–water partition coefficient (Wildman–Crippen LogP) is 4.40. The molecule has 5 rings (SSSR count). The summed E-state index contributed by atoms with van der Waals surface area (Å²) in [5.41, 5.74) is 1.05. The van der Waals surface area contributed by atoms with Crippen LogP contribution in [0.25, 0.3) is 12.2 Å². The molecule has 2 bridgehead atoms. The number of nitrogens with one attached hydrogen (secondary N) is 1. The fourth-order valence-electron chi connectivity index (χ4n) is 3.72. The topological polar surface area (TPSA) is 32.3 Å². The van der Waals surface area contributed by atoms with E-state index in [9.17, 15) is 4.79 Å². The molecule has 1 aromatic heterocycles. The highest BCUT2D eigenvalue weighted by Gasteiger charge is 2.35. The van der Waals surface area contributed by atoms with E-state index >= 15 is 0 Å². The maximum absolute atomic E-state index is 12.6. The van der Waals surface area contributed by atoms with Crippen LogP contribution in [0.4, 0.5) is 0 Å². The summed E-state index contributed by atoms with van der Waals surface area (Å²) < 4.78 is 0. The molecule has 0 aliphatic carbocycles. The molecule has 130 valence electrons. The number of rotatable bonds is 4. The number of nitrogens with zero attached hydrogens (tertiary/aromatic N) is 1. The Balaban J connectivity index is 1.39. The van der Waals surface area contributed by atoms with E-state index in [1.54, 1.807) is 0 Å². The van der Waals surface area contributed by atoms with Crippen LogP contribution >= 0.6 is 22.9 Å². The van der Waals surface area contributed by atoms with Gasteiger partial charge < -0.3 is 10.2 Å². The van der Waals surface area contributed by atoms with Crippen LogP contribution in [-0.2, 0) is 0 Å². The van der Waals surface area contributed by atoms with E-state index in [1.807, 2.05) is 48.6 Å². The van der Waals surface area contributed by atoms with E-state index < -0.39 is 0 Å². The van der Waals surface area contributed by atoms with Gasteiger partial charge in [0.2, 0.25) is 0 Å². The van der Waals surface area contributed by atoms with Crippen molar-refractivity contribution in [3.63, 3.8) is 0 Å². The highest BCUT2D eigenvalue weighted by atomic mass is 35.5. The summed E-state index contributed by atoms with van der Waals surface area (Å²) in [4.78, 5) is 16.9. The minimum Gasteiger partial charge on any atom is -0.347 e. The third-order valence-electron chi connectivity index (χ3n) is 5.11. The summed E-state index contributed by atoms with van der Waals surface area (Å²) in [5, 5.41) is 3.98. The Labute approximate surface area is 157 Å². The van der Waals surface area contributed by atoms with Crippen molar-refractivity contribution in [3.05, 3.63) is 56.7 Å². The Morgan fingerprint density at radius 2 is 2.04 bits per heavy atom. The van der Waals surface area contributed by atoms with Crippen LogP contribution in [0.5, 0.6) is 0 Å². The molecular formula is C20H21ClN2OS. The van der Waals surface area contributed by atoms with Gasteiger partial charge in [0.25, 0.3) is 5.91 Å². The van der Waals surface area contributed by atoms with Gasteiger partial charge in [-0.15, -0.1) is 11.3 Å². The first kappa shape index (κ1) is 16.8. The highest BCUT2D eigenvalue weighted by Crippen LogP contribution is 2.28. The molecule has 3 fully saturated rings. The summed E-state index contributed by atoms with van der Waals surface area (Å²) >= 11 is 7.53. The van der Waals surface area contributed by atoms with Gasteiger partial charge in [0, 0.05) is 22.5 Å². The van der Waals surface area contributed by atoms with Crippen LogP contribution in [0.3, 0.4) is 0 Å². The first-order valence-corrected chi connectivity index (χ1v) is 9.93. The lowest BCUT2D eigenvalue weighted by molar-refractivity contribution is 0.0622. The van der Waals surface area contributed by atoms with Crippen molar-refractivity contribution in [1.29, 1.82) is 0 Å². The number of fused-ring (bicyclic) bond motifs is 3. The predicted molar refractivity (Wildman–Crippen MR) is 105 cm³/mol. The summed E-state index contributed by atoms with van der Waals surface area (Å²) in [6.45, 7) is 3.38. The first-order chi connectivity index (χ1) is 12.2. The molecule has 2 aromatic rings. The Morgan fingerprint density at radius 1 is 1.20 bits per heavy atom. The number of halogens is 1. The van der Waals surface area contributed by atoms with Crippen LogP contribution < -0.4 is 5.32 Å². The second-order valence-electron chi connectivity index (χ2n) is 6.81. The number of amides is 1. The molecule has 25 heavy (non-hydrogen) atoms. The van der Waals surface area contributed by atoms with Gasteiger partial charge in [-0.2, -0.15) is 0 Å². The van der Waals surface area contributed by atoms with E-state index in [-0.39, 0.29) is 5.91 Å². The molecule has 3 aliphatic rings. The summed E-state index contributed by atoms with van der Waals surface area (Å²) in [7, 11) is 0. The smallest absolute Gasteiger partial charge is 0.261 e. The monoisotopic (exact) mass is 372 g/mol. The van der Waals surface area contributed by atoms with E-state index in [0.29, 0.717) is 12.0 Å². The second kappa shape index (κ2) is 7.32. The second-order valence-corrected chi connectivity index (χ2v) is 8.36. The van der Waals surface area contributed by atoms with Gasteiger partial charge in [0.15, 0.2) is 0 Å². The maximum Gasteiger partial charge on any atom is 0.261 e. The Kier molecular flexibility index (Phi) is 4.93. The molecule has 1 atom stereocenters. The Morgan fingerprint density at radius 3 is 2.76 bits per heavy atom. The van der Waals surface area contributed by atoms with Crippen LogP contribution in [0.15, 0.2) is 36.4 Å². The molecule has 3 saturated heterocycles. The first-order valence-electron chi connectivity index (χ1n) is 8.74. The van der Waals surface area contributed by atoms with Crippen molar-refractivity contribution >= 4 is 41.0 Å². The Bertz CT molecular complexity index is 792. The zero-order valence-corrected chi connectivity index (χ0v) is 15.5. The fourth-order valence-corrected chi connectivity index (χ4v) is 4.73. The van der Waals surface area contributed by atoms with Crippen molar-refractivity contribution in [2.24, 2.45) is 5.92 Å². The van der Waals surface area contributed by atoms with E-state index in [2.05, 4.69) is 10.2 Å². The third kappa shape index (κ3) is 3.97. The number of carbonyl (C=O) groups excluding carboxylic acids is 1. The average molecular weight is 373 g/mol. The van der Waals surface area contributed by atoms with Crippen molar-refractivity contribution in [2.45, 2.75) is 18.9 Å². The maximum atomic E-state index is 12.6. The molecule has 0 spiro atoms. The van der Waals surface area contributed by atoms with Crippen LogP contribution in [-0.4, -0.2) is 36.5 Å². The van der Waals surface area contributed by atoms with Gasteiger partial charge in [0.05, 0.1) is 4.88 Å². The fraction of sp³-hybridized carbons (Fsp3) is 0.350. The lowest BCUT2D eigenvalue weighted by Gasteiger charge is -2.44. The lowest BCUT2D eigenvalue weighted by atomic mass is 9.84. The molecule has 5 heteroatoms. The SMILES string of the molecule is O=C(NC1CN2CCC1CC2)c1ccc(/C=C/c2cccc(Cl)c2)s1. The summed E-state index contributed by atoms with van der Waals surface area (Å²) in [6, 6.07) is 12.0. The van der Waals surface area contributed by atoms with Gasteiger partial charge in [-0.1, -0.05) is 29.8 Å². The molecule has 1 N–H and O–H groups in total. The number of hydrogen-bond acceptors (Lipinski definition) is 3. The molecule has 0 radical (unpaired) electrons. The number of benzene rings is 1. The molecule has 3 aliphatic heterocycles. The van der Waals surface area contributed by atoms with Crippen molar-refractivity contribution in [2.75, 3.05) is 19.6 Å². The number of thiophene rings is 1. The van der Waals surface area contributed by atoms with E-state index in [1.165, 1.54) is 37.3 Å². The van der Waals surface area contributed by atoms with Gasteiger partial charge in [-0.3, -0.25) is 4.79 Å². The van der Waals surface area contributed by atoms with Gasteiger partial charge >= 0.3 is 0 Å². The zero-order valence-electron chi connectivity index (χ0n) is 14.0.